The molecule has 1 aromatic rings. The summed E-state index contributed by atoms with van der Waals surface area (Å²) in [7, 11) is 0. The fourth-order valence-corrected chi connectivity index (χ4v) is 1.88. The van der Waals surface area contributed by atoms with Gasteiger partial charge in [0.15, 0.2) is 11.5 Å². The predicted octanol–water partition coefficient (Wildman–Crippen LogP) is 2.00. The van der Waals surface area contributed by atoms with Crippen molar-refractivity contribution in [1.82, 2.24) is 5.32 Å². The third-order valence-corrected chi connectivity index (χ3v) is 3.28. The average Bonchev–Trinajstić information content (AvgIpc) is 2.84. The number of benzene rings is 1. The molecule has 2 unspecified atom stereocenters. The van der Waals surface area contributed by atoms with Gasteiger partial charge in [-0.15, -0.1) is 12.4 Å². The van der Waals surface area contributed by atoms with E-state index in [0.717, 1.165) is 11.3 Å². The van der Waals surface area contributed by atoms with Crippen LogP contribution in [-0.2, 0) is 4.79 Å². The van der Waals surface area contributed by atoms with Crippen LogP contribution in [0.1, 0.15) is 32.4 Å². The summed E-state index contributed by atoms with van der Waals surface area (Å²) in [6, 6.07) is 5.04. The molecule has 1 aromatic carbocycles. The minimum absolute atomic E-state index is 0. The van der Waals surface area contributed by atoms with Gasteiger partial charge < -0.3 is 20.5 Å². The minimum Gasteiger partial charge on any atom is -0.454 e. The fraction of sp³-hybridized carbons (Fsp3) is 0.500. The summed E-state index contributed by atoms with van der Waals surface area (Å²) in [4.78, 5) is 11.9. The lowest BCUT2D eigenvalue weighted by atomic mass is 10.0. The third kappa shape index (κ3) is 3.55. The molecular weight excluding hydrogens is 280 g/mol. The van der Waals surface area contributed by atoms with Crippen molar-refractivity contribution < 1.29 is 14.3 Å². The van der Waals surface area contributed by atoms with Crippen molar-refractivity contribution in [2.75, 3.05) is 6.79 Å². The van der Waals surface area contributed by atoms with E-state index in [-0.39, 0.29) is 37.1 Å². The molecule has 1 heterocycles. The molecule has 0 fully saturated rings. The van der Waals surface area contributed by atoms with Gasteiger partial charge in [0.25, 0.3) is 0 Å². The Balaban J connectivity index is 0.00000200. The van der Waals surface area contributed by atoms with Gasteiger partial charge in [0.2, 0.25) is 12.7 Å². The monoisotopic (exact) mass is 300 g/mol. The number of hydrogen-bond donors (Lipinski definition) is 2. The summed E-state index contributed by atoms with van der Waals surface area (Å²) < 4.78 is 10.6. The van der Waals surface area contributed by atoms with E-state index in [0.29, 0.717) is 5.75 Å². The van der Waals surface area contributed by atoms with Gasteiger partial charge in [0.1, 0.15) is 0 Å². The normalized spacial score (nSPS) is 15.4. The molecule has 1 aliphatic heterocycles. The Hall–Kier alpha value is -1.46. The van der Waals surface area contributed by atoms with E-state index in [1.165, 1.54) is 0 Å². The van der Waals surface area contributed by atoms with Crippen LogP contribution >= 0.6 is 12.4 Å². The maximum Gasteiger partial charge on any atom is 0.237 e. The molecule has 6 heteroatoms. The van der Waals surface area contributed by atoms with Crippen molar-refractivity contribution in [3.05, 3.63) is 23.8 Å². The summed E-state index contributed by atoms with van der Waals surface area (Å²) in [5.74, 6) is 1.43. The average molecular weight is 301 g/mol. The highest BCUT2D eigenvalue weighted by Gasteiger charge is 2.21. The lowest BCUT2D eigenvalue weighted by Gasteiger charge is -2.20. The van der Waals surface area contributed by atoms with Crippen LogP contribution in [0.2, 0.25) is 0 Å². The molecule has 0 aliphatic carbocycles. The number of nitrogens with one attached hydrogen (secondary N) is 1. The largest absolute Gasteiger partial charge is 0.454 e. The van der Waals surface area contributed by atoms with Gasteiger partial charge in [-0.1, -0.05) is 19.9 Å². The van der Waals surface area contributed by atoms with E-state index in [1.807, 2.05) is 39.0 Å². The van der Waals surface area contributed by atoms with E-state index in [1.54, 1.807) is 0 Å². The molecule has 20 heavy (non-hydrogen) atoms. The summed E-state index contributed by atoms with van der Waals surface area (Å²) >= 11 is 0. The highest BCUT2D eigenvalue weighted by Crippen LogP contribution is 2.34. The van der Waals surface area contributed by atoms with Crippen LogP contribution in [0.4, 0.5) is 0 Å². The van der Waals surface area contributed by atoms with Crippen LogP contribution in [0.5, 0.6) is 11.5 Å². The summed E-state index contributed by atoms with van der Waals surface area (Å²) in [5, 5.41) is 2.91. The minimum atomic E-state index is -0.489. The maximum absolute atomic E-state index is 11.9. The Morgan fingerprint density at radius 1 is 1.25 bits per heavy atom. The molecule has 2 rings (SSSR count). The number of halogens is 1. The zero-order chi connectivity index (χ0) is 14.0. The quantitative estimate of drug-likeness (QED) is 0.892. The van der Waals surface area contributed by atoms with Crippen molar-refractivity contribution in [2.45, 2.75) is 32.9 Å². The second-order valence-electron chi connectivity index (χ2n) is 5.11. The topological polar surface area (TPSA) is 73.6 Å². The molecule has 1 amide bonds. The summed E-state index contributed by atoms with van der Waals surface area (Å²) in [6.45, 7) is 6.02. The van der Waals surface area contributed by atoms with Crippen molar-refractivity contribution in [2.24, 2.45) is 11.7 Å². The zero-order valence-corrected chi connectivity index (χ0v) is 12.7. The van der Waals surface area contributed by atoms with Crippen LogP contribution in [0.25, 0.3) is 0 Å². The van der Waals surface area contributed by atoms with Gasteiger partial charge in [-0.2, -0.15) is 0 Å². The van der Waals surface area contributed by atoms with Crippen molar-refractivity contribution in [3.63, 3.8) is 0 Å². The van der Waals surface area contributed by atoms with E-state index in [2.05, 4.69) is 5.32 Å². The molecule has 3 N–H and O–H groups in total. The SMILES string of the molecule is CC(NC(=O)C(N)C(C)C)c1ccc2c(c1)OCO2.Cl. The first-order chi connectivity index (χ1) is 8.99. The van der Waals surface area contributed by atoms with Crippen molar-refractivity contribution in [3.8, 4) is 11.5 Å². The molecule has 0 bridgehead atoms. The number of rotatable bonds is 4. The first-order valence-electron chi connectivity index (χ1n) is 6.44. The van der Waals surface area contributed by atoms with Gasteiger partial charge in [-0.05, 0) is 30.5 Å². The Morgan fingerprint density at radius 3 is 2.55 bits per heavy atom. The van der Waals surface area contributed by atoms with E-state index in [4.69, 9.17) is 15.2 Å². The number of ether oxygens (including phenoxy) is 2. The molecule has 1 aliphatic rings. The number of carbonyl (C=O) groups excluding carboxylic acids is 1. The van der Waals surface area contributed by atoms with E-state index in [9.17, 15) is 4.79 Å². The fourth-order valence-electron chi connectivity index (χ4n) is 1.88. The van der Waals surface area contributed by atoms with Crippen molar-refractivity contribution in [1.29, 1.82) is 0 Å². The van der Waals surface area contributed by atoms with Crippen LogP contribution in [0.15, 0.2) is 18.2 Å². The molecule has 2 atom stereocenters. The first-order valence-corrected chi connectivity index (χ1v) is 6.44. The molecule has 112 valence electrons. The van der Waals surface area contributed by atoms with Crippen LogP contribution in [-0.4, -0.2) is 18.7 Å². The molecule has 0 aromatic heterocycles. The number of nitrogens with two attached hydrogens (primary N) is 1. The molecule has 5 nitrogen and oxygen atoms in total. The third-order valence-electron chi connectivity index (χ3n) is 3.28. The Labute approximate surface area is 125 Å². The highest BCUT2D eigenvalue weighted by molar-refractivity contribution is 5.85. The van der Waals surface area contributed by atoms with Crippen LogP contribution < -0.4 is 20.5 Å². The molecule has 0 spiro atoms. The Bertz CT molecular complexity index is 479. The second kappa shape index (κ2) is 6.81. The standard InChI is InChI=1S/C14H20N2O3.ClH/c1-8(2)13(15)14(17)16-9(3)10-4-5-11-12(6-10)19-7-18-11;/h4-6,8-9,13H,7,15H2,1-3H3,(H,16,17);1H. The van der Waals surface area contributed by atoms with Gasteiger partial charge in [0, 0.05) is 0 Å². The van der Waals surface area contributed by atoms with Gasteiger partial charge in [-0.25, -0.2) is 0 Å². The van der Waals surface area contributed by atoms with Crippen LogP contribution in [0.3, 0.4) is 0 Å². The summed E-state index contributed by atoms with van der Waals surface area (Å²) in [5.41, 5.74) is 6.79. The van der Waals surface area contributed by atoms with Crippen LogP contribution in [0, 0.1) is 5.92 Å². The lowest BCUT2D eigenvalue weighted by Crippen LogP contribution is -2.44. The highest BCUT2D eigenvalue weighted by atomic mass is 35.5. The second-order valence-corrected chi connectivity index (χ2v) is 5.11. The maximum atomic E-state index is 11.9. The van der Waals surface area contributed by atoms with Gasteiger partial charge >= 0.3 is 0 Å². The number of carbonyl (C=O) groups is 1. The van der Waals surface area contributed by atoms with Gasteiger partial charge in [-0.3, -0.25) is 4.79 Å². The molecule has 0 saturated heterocycles. The Kier molecular flexibility index (Phi) is 5.65. The smallest absolute Gasteiger partial charge is 0.237 e. The lowest BCUT2D eigenvalue weighted by molar-refractivity contribution is -0.123. The Morgan fingerprint density at radius 2 is 1.90 bits per heavy atom. The van der Waals surface area contributed by atoms with E-state index >= 15 is 0 Å². The summed E-state index contributed by atoms with van der Waals surface area (Å²) in [6.07, 6.45) is 0. The zero-order valence-electron chi connectivity index (χ0n) is 11.9. The molecular formula is C14H21ClN2O3. The number of amides is 1. The first kappa shape index (κ1) is 16.6. The number of hydrogen-bond acceptors (Lipinski definition) is 4. The van der Waals surface area contributed by atoms with Crippen molar-refractivity contribution >= 4 is 18.3 Å². The predicted molar refractivity (Wildman–Crippen MR) is 79.2 cm³/mol. The van der Waals surface area contributed by atoms with Gasteiger partial charge in [0.05, 0.1) is 12.1 Å². The number of fused-ring (bicyclic) bond motifs is 1. The molecule has 0 radical (unpaired) electrons. The van der Waals surface area contributed by atoms with E-state index < -0.39 is 6.04 Å². The molecule has 0 saturated carbocycles.